The highest BCUT2D eigenvalue weighted by atomic mass is 31.2. The summed E-state index contributed by atoms with van der Waals surface area (Å²) in [5, 5.41) is 3.04. The average Bonchev–Trinajstić information content (AvgIpc) is 3.35. The molecule has 0 bridgehead atoms. The van der Waals surface area contributed by atoms with E-state index in [1.807, 2.05) is 33.3 Å². The zero-order valence-electron chi connectivity index (χ0n) is 48.1. The lowest BCUT2D eigenvalue weighted by atomic mass is 10.0. The van der Waals surface area contributed by atoms with Crippen molar-refractivity contribution < 1.29 is 37.3 Å². The summed E-state index contributed by atoms with van der Waals surface area (Å²) in [6.07, 6.45) is 68.7. The molecule has 0 aromatic heterocycles. The molecule has 0 aliphatic carbocycles. The van der Waals surface area contributed by atoms with Crippen molar-refractivity contribution in [3.8, 4) is 0 Å². The molecule has 0 spiro atoms. The fourth-order valence-electron chi connectivity index (χ4n) is 8.18. The van der Waals surface area contributed by atoms with Gasteiger partial charge in [0.1, 0.15) is 19.3 Å². The number of ether oxygens (including phenoxy) is 1. The van der Waals surface area contributed by atoms with E-state index in [0.29, 0.717) is 17.4 Å². The second-order valence-corrected chi connectivity index (χ2v) is 22.6. The molecule has 9 nitrogen and oxygen atoms in total. The first-order valence-corrected chi connectivity index (χ1v) is 31.4. The number of unbranched alkanes of at least 4 members (excludes halogenated alkanes) is 25. The van der Waals surface area contributed by atoms with E-state index < -0.39 is 20.0 Å². The number of phosphoric ester groups is 1. The Kier molecular flexibility index (Phi) is 50.6. The quantitative estimate of drug-likeness (QED) is 0.0205. The summed E-state index contributed by atoms with van der Waals surface area (Å²) in [5.41, 5.74) is 0. The molecule has 10 heteroatoms. The zero-order valence-corrected chi connectivity index (χ0v) is 49.0. The van der Waals surface area contributed by atoms with Crippen LogP contribution in [0.25, 0.3) is 0 Å². The van der Waals surface area contributed by atoms with Crippen molar-refractivity contribution in [3.05, 3.63) is 85.1 Å². The van der Waals surface area contributed by atoms with Crippen molar-refractivity contribution in [1.29, 1.82) is 0 Å². The Morgan fingerprint density at radius 2 is 0.890 bits per heavy atom. The molecule has 422 valence electrons. The summed E-state index contributed by atoms with van der Waals surface area (Å²) in [5.74, 6) is -0.527. The van der Waals surface area contributed by atoms with Crippen molar-refractivity contribution in [2.24, 2.45) is 0 Å². The van der Waals surface area contributed by atoms with E-state index in [4.69, 9.17) is 13.8 Å². The number of allylic oxidation sites excluding steroid dienone is 13. The van der Waals surface area contributed by atoms with Gasteiger partial charge in [-0.2, -0.15) is 0 Å². The van der Waals surface area contributed by atoms with Crippen LogP contribution in [0.5, 0.6) is 0 Å². The van der Waals surface area contributed by atoms with Gasteiger partial charge in [0.15, 0.2) is 0 Å². The number of hydrogen-bond acceptors (Lipinski definition) is 6. The number of carbonyl (C=O) groups is 2. The number of nitrogens with one attached hydrogen (secondary N) is 1. The number of carbonyl (C=O) groups excluding carboxylic acids is 2. The number of amides is 1. The maximum absolute atomic E-state index is 13.5. The van der Waals surface area contributed by atoms with E-state index in [0.717, 1.165) is 128 Å². The van der Waals surface area contributed by atoms with Gasteiger partial charge in [0.25, 0.3) is 0 Å². The van der Waals surface area contributed by atoms with Gasteiger partial charge in [-0.1, -0.05) is 228 Å². The minimum atomic E-state index is -4.45. The molecule has 0 aromatic carbocycles. The molecule has 2 N–H and O–H groups in total. The molecule has 3 unspecified atom stereocenters. The number of nitrogens with zero attached hydrogens (tertiary/aromatic N) is 1. The lowest BCUT2D eigenvalue weighted by Gasteiger charge is -2.27. The number of quaternary nitrogens is 1. The van der Waals surface area contributed by atoms with Crippen molar-refractivity contribution in [2.75, 3.05) is 40.9 Å². The van der Waals surface area contributed by atoms with E-state index in [1.54, 1.807) is 0 Å². The SMILES string of the molecule is CC/C=C\C/C=C\C/C=C\C/C=C\C/C=C\CCCCCCCCCCCC(=O)NC(COP(=O)(O)OCC[N+](C)(C)C)C(/C=C\CCCCCCCCCCC)OC(=O)CCCCCCC/C=C\CCCC. The van der Waals surface area contributed by atoms with Gasteiger partial charge in [0.2, 0.25) is 5.91 Å². The van der Waals surface area contributed by atoms with Gasteiger partial charge in [0.05, 0.1) is 33.8 Å². The van der Waals surface area contributed by atoms with Crippen LogP contribution in [0.3, 0.4) is 0 Å². The molecule has 0 radical (unpaired) electrons. The van der Waals surface area contributed by atoms with Crippen LogP contribution in [0.4, 0.5) is 0 Å². The molecule has 0 fully saturated rings. The first-order valence-electron chi connectivity index (χ1n) is 29.9. The largest absolute Gasteiger partial charge is 0.472 e. The van der Waals surface area contributed by atoms with Gasteiger partial charge >= 0.3 is 13.8 Å². The molecular formula is C63H114N2O7P+. The Balaban J connectivity index is 5.12. The predicted octanol–water partition coefficient (Wildman–Crippen LogP) is 18.2. The normalized spacial score (nSPS) is 14.3. The standard InChI is InChI=1S/C63H113N2O7P/c1-7-10-13-16-19-22-25-26-27-28-29-30-31-32-33-34-35-36-37-38-41-43-46-49-52-55-62(66)64-60(59-71-73(68,69)70-58-57-65(4,5)6)61(54-51-48-45-42-39-23-20-17-14-11-8-2)72-63(67)56-53-50-47-44-40-24-21-18-15-12-9-3/h10,13,18-19,21-22,26-27,29-30,32-33,51,54,60-61H,7-9,11-12,14-17,20,23-25,28,31,34-50,52-53,55-59H2,1-6H3,(H-,64,66,68,69)/p+1/b13-10-,21-18-,22-19-,27-26-,30-29-,33-32-,54-51-. The first kappa shape index (κ1) is 70.2. The topological polar surface area (TPSA) is 111 Å². The molecule has 0 aliphatic heterocycles. The third kappa shape index (κ3) is 53.8. The summed E-state index contributed by atoms with van der Waals surface area (Å²) >= 11 is 0. The minimum absolute atomic E-state index is 0.0346. The monoisotopic (exact) mass is 1040 g/mol. The van der Waals surface area contributed by atoms with E-state index in [1.165, 1.54) is 89.9 Å². The van der Waals surface area contributed by atoms with Gasteiger partial charge < -0.3 is 19.4 Å². The van der Waals surface area contributed by atoms with E-state index in [9.17, 15) is 19.0 Å². The van der Waals surface area contributed by atoms with Gasteiger partial charge in [-0.15, -0.1) is 0 Å². The molecule has 0 saturated heterocycles. The van der Waals surface area contributed by atoms with Crippen molar-refractivity contribution in [3.63, 3.8) is 0 Å². The lowest BCUT2D eigenvalue weighted by molar-refractivity contribution is -0.870. The molecule has 3 atom stereocenters. The second-order valence-electron chi connectivity index (χ2n) is 21.1. The Labute approximate surface area is 450 Å². The highest BCUT2D eigenvalue weighted by molar-refractivity contribution is 7.47. The van der Waals surface area contributed by atoms with E-state index in [-0.39, 0.29) is 31.5 Å². The van der Waals surface area contributed by atoms with Gasteiger partial charge in [-0.3, -0.25) is 18.6 Å². The maximum Gasteiger partial charge on any atom is 0.472 e. The zero-order chi connectivity index (χ0) is 53.6. The van der Waals surface area contributed by atoms with Crippen LogP contribution < -0.4 is 5.32 Å². The summed E-state index contributed by atoms with van der Waals surface area (Å²) in [7, 11) is 1.48. The minimum Gasteiger partial charge on any atom is -0.456 e. The smallest absolute Gasteiger partial charge is 0.456 e. The predicted molar refractivity (Wildman–Crippen MR) is 314 cm³/mol. The van der Waals surface area contributed by atoms with Crippen LogP contribution >= 0.6 is 7.82 Å². The van der Waals surface area contributed by atoms with Crippen LogP contribution in [0, 0.1) is 0 Å². The summed E-state index contributed by atoms with van der Waals surface area (Å²) in [6.45, 7) is 6.83. The third-order valence-electron chi connectivity index (χ3n) is 12.8. The molecule has 1 amide bonds. The molecular weight excluding hydrogens is 928 g/mol. The Morgan fingerprint density at radius 1 is 0.493 bits per heavy atom. The Hall–Kier alpha value is -2.81. The van der Waals surface area contributed by atoms with Crippen LogP contribution in [0.15, 0.2) is 85.1 Å². The van der Waals surface area contributed by atoms with Crippen molar-refractivity contribution in [1.82, 2.24) is 5.32 Å². The molecule has 0 aliphatic rings. The van der Waals surface area contributed by atoms with E-state index >= 15 is 0 Å². The lowest BCUT2D eigenvalue weighted by Crippen LogP contribution is -2.47. The fourth-order valence-corrected chi connectivity index (χ4v) is 8.92. The fraction of sp³-hybridized carbons (Fsp3) is 0.746. The summed E-state index contributed by atoms with van der Waals surface area (Å²) in [4.78, 5) is 37.6. The van der Waals surface area contributed by atoms with Gasteiger partial charge in [-0.25, -0.2) is 4.57 Å². The van der Waals surface area contributed by atoms with Crippen LogP contribution in [0.2, 0.25) is 0 Å². The molecule has 73 heavy (non-hydrogen) atoms. The summed E-state index contributed by atoms with van der Waals surface area (Å²) < 4.78 is 30.6. The van der Waals surface area contributed by atoms with E-state index in [2.05, 4.69) is 99.0 Å². The number of esters is 1. The van der Waals surface area contributed by atoms with Gasteiger partial charge in [0, 0.05) is 12.8 Å². The van der Waals surface area contributed by atoms with Gasteiger partial charge in [-0.05, 0) is 96.0 Å². The molecule has 0 rings (SSSR count). The highest BCUT2D eigenvalue weighted by Crippen LogP contribution is 2.43. The highest BCUT2D eigenvalue weighted by Gasteiger charge is 2.30. The average molecular weight is 1040 g/mol. The Morgan fingerprint density at radius 3 is 1.37 bits per heavy atom. The van der Waals surface area contributed by atoms with Crippen molar-refractivity contribution in [2.45, 2.75) is 264 Å². The number of rotatable bonds is 53. The molecule has 0 aromatic rings. The Bertz CT molecular complexity index is 1530. The number of hydrogen-bond donors (Lipinski definition) is 2. The summed E-state index contributed by atoms with van der Waals surface area (Å²) in [6, 6.07) is -0.857. The number of likely N-dealkylation sites (N-methyl/N-ethyl adjacent to an activating group) is 1. The van der Waals surface area contributed by atoms with Crippen LogP contribution in [-0.4, -0.2) is 74.3 Å². The number of phosphoric acid groups is 1. The molecule has 0 saturated carbocycles. The third-order valence-corrected chi connectivity index (χ3v) is 13.8. The van der Waals surface area contributed by atoms with Crippen molar-refractivity contribution >= 4 is 19.7 Å². The van der Waals surface area contributed by atoms with Crippen LogP contribution in [0.1, 0.15) is 252 Å². The van der Waals surface area contributed by atoms with Crippen LogP contribution in [-0.2, 0) is 27.9 Å². The molecule has 0 heterocycles. The second kappa shape index (κ2) is 52.6. The first-order chi connectivity index (χ1) is 35.4. The maximum atomic E-state index is 13.5.